The molecule has 8 rings (SSSR count). The van der Waals surface area contributed by atoms with Crippen molar-refractivity contribution in [3.8, 4) is 17.8 Å². The number of benzene rings is 4. The topological polar surface area (TPSA) is 55.8 Å². The lowest BCUT2D eigenvalue weighted by atomic mass is 9.74. The summed E-state index contributed by atoms with van der Waals surface area (Å²) in [6.45, 7) is 0. The van der Waals surface area contributed by atoms with Crippen LogP contribution in [0.3, 0.4) is 0 Å². The fourth-order valence-electron chi connectivity index (χ4n) is 7.43. The summed E-state index contributed by atoms with van der Waals surface area (Å²) in [7, 11) is 0. The molecule has 0 spiro atoms. The summed E-state index contributed by atoms with van der Waals surface area (Å²) in [5, 5.41) is 22.3. The van der Waals surface area contributed by atoms with Crippen molar-refractivity contribution in [3.05, 3.63) is 150 Å². The lowest BCUT2D eigenvalue weighted by molar-refractivity contribution is 0.539. The first-order chi connectivity index (χ1) is 20.8. The molecule has 1 fully saturated rings. The first-order valence-electron chi connectivity index (χ1n) is 14.3. The zero-order valence-electron chi connectivity index (χ0n) is 22.8. The largest absolute Gasteiger partial charge is 0.356 e. The highest BCUT2D eigenvalue weighted by Gasteiger charge is 2.50. The maximum atomic E-state index is 10.0. The fourth-order valence-corrected chi connectivity index (χ4v) is 7.43. The molecule has 1 saturated heterocycles. The Morgan fingerprint density at radius 2 is 1.31 bits per heavy atom. The van der Waals surface area contributed by atoms with Crippen molar-refractivity contribution in [3.63, 3.8) is 0 Å². The molecule has 4 aromatic carbocycles. The van der Waals surface area contributed by atoms with E-state index in [2.05, 4.69) is 125 Å². The minimum absolute atomic E-state index is 0.0261. The lowest BCUT2D eigenvalue weighted by Crippen LogP contribution is -2.37. The van der Waals surface area contributed by atoms with Crippen LogP contribution < -0.4 is 4.90 Å². The highest BCUT2D eigenvalue weighted by Crippen LogP contribution is 2.51. The molecule has 0 bridgehead atoms. The molecule has 4 unspecified atom stereocenters. The van der Waals surface area contributed by atoms with Gasteiger partial charge in [-0.2, -0.15) is 10.5 Å². The van der Waals surface area contributed by atoms with Crippen molar-refractivity contribution >= 4 is 33.1 Å². The lowest BCUT2D eigenvalue weighted by Gasteiger charge is -2.33. The van der Waals surface area contributed by atoms with E-state index in [-0.39, 0.29) is 23.9 Å². The Bertz CT molecular complexity index is 2060. The van der Waals surface area contributed by atoms with E-state index in [0.29, 0.717) is 11.1 Å². The monoisotopic (exact) mass is 538 g/mol. The summed E-state index contributed by atoms with van der Waals surface area (Å²) in [6.07, 6.45) is 12.9. The quantitative estimate of drug-likeness (QED) is 0.233. The van der Waals surface area contributed by atoms with Gasteiger partial charge in [0.2, 0.25) is 0 Å². The molecule has 3 aliphatic rings. The Morgan fingerprint density at radius 1 is 0.643 bits per heavy atom. The number of nitriles is 2. The first-order valence-corrected chi connectivity index (χ1v) is 14.3. The molecule has 4 nitrogen and oxygen atoms in total. The minimum atomic E-state index is 0.0261. The van der Waals surface area contributed by atoms with Gasteiger partial charge in [0.1, 0.15) is 6.07 Å². The second-order valence-electron chi connectivity index (χ2n) is 11.1. The molecule has 4 heteroatoms. The Kier molecular flexibility index (Phi) is 5.49. The molecular formula is C38H26N4. The Balaban J connectivity index is 1.34. The number of aromatic nitrogens is 1. The molecule has 2 aliphatic carbocycles. The summed E-state index contributed by atoms with van der Waals surface area (Å²) in [6, 6.07) is 38.6. The van der Waals surface area contributed by atoms with E-state index < -0.39 is 0 Å². The number of allylic oxidation sites excluding steroid dienone is 4. The van der Waals surface area contributed by atoms with Crippen LogP contribution in [0.5, 0.6) is 0 Å². The highest BCUT2D eigenvalue weighted by atomic mass is 15.2. The number of fused-ring (bicyclic) bond motifs is 6. The van der Waals surface area contributed by atoms with Gasteiger partial charge in [-0.1, -0.05) is 97.1 Å². The molecule has 0 saturated carbocycles. The van der Waals surface area contributed by atoms with Crippen molar-refractivity contribution in [1.82, 2.24) is 4.57 Å². The van der Waals surface area contributed by atoms with E-state index in [1.54, 1.807) is 0 Å². The van der Waals surface area contributed by atoms with Gasteiger partial charge < -0.3 is 9.47 Å². The normalized spacial score (nSPS) is 22.3. The number of hydrogen-bond donors (Lipinski definition) is 0. The molecular weight excluding hydrogens is 512 g/mol. The second kappa shape index (κ2) is 9.51. The van der Waals surface area contributed by atoms with Crippen LogP contribution in [-0.4, -0.2) is 16.7 Å². The predicted molar refractivity (Wildman–Crippen MR) is 169 cm³/mol. The highest BCUT2D eigenvalue weighted by molar-refractivity contribution is 6.09. The zero-order chi connectivity index (χ0) is 28.2. The van der Waals surface area contributed by atoms with Gasteiger partial charge in [0, 0.05) is 33.7 Å². The van der Waals surface area contributed by atoms with Crippen LogP contribution in [0.2, 0.25) is 0 Å². The van der Waals surface area contributed by atoms with E-state index in [9.17, 15) is 10.5 Å². The van der Waals surface area contributed by atoms with Crippen LogP contribution in [-0.2, 0) is 0 Å². The number of nitrogens with zero attached hydrogens (tertiary/aromatic N) is 4. The van der Waals surface area contributed by atoms with E-state index >= 15 is 0 Å². The van der Waals surface area contributed by atoms with Crippen molar-refractivity contribution in [1.29, 1.82) is 10.5 Å². The standard InChI is InChI=1S/C38H26N4/c39-23-25-20-21-36-31(22-25)38-30(14-9-19-37(38)41(36)32-15-5-1-10-26(32)24-40)29-13-4-8-18-35(29)42-33-16-6-2-11-27(33)28-12-3-7-17-34(28)42/h1-22,31,36-38H. The van der Waals surface area contributed by atoms with E-state index in [0.717, 1.165) is 11.4 Å². The third-order valence-corrected chi connectivity index (χ3v) is 9.08. The van der Waals surface area contributed by atoms with Gasteiger partial charge >= 0.3 is 0 Å². The number of anilines is 1. The van der Waals surface area contributed by atoms with Crippen molar-refractivity contribution < 1.29 is 0 Å². The third-order valence-electron chi connectivity index (χ3n) is 9.08. The Hall–Kier alpha value is -5.58. The minimum Gasteiger partial charge on any atom is -0.356 e. The maximum absolute atomic E-state index is 10.0. The van der Waals surface area contributed by atoms with Crippen LogP contribution in [0.4, 0.5) is 5.69 Å². The number of para-hydroxylation sites is 4. The van der Waals surface area contributed by atoms with Gasteiger partial charge in [0.05, 0.1) is 46.1 Å². The van der Waals surface area contributed by atoms with Crippen LogP contribution in [0.15, 0.2) is 139 Å². The van der Waals surface area contributed by atoms with Gasteiger partial charge in [-0.15, -0.1) is 0 Å². The fraction of sp³-hybridized carbons (Fsp3) is 0.105. The average molecular weight is 539 g/mol. The smallest absolute Gasteiger partial charge is 0.101 e. The zero-order valence-corrected chi connectivity index (χ0v) is 22.8. The predicted octanol–water partition coefficient (Wildman–Crippen LogP) is 8.12. The van der Waals surface area contributed by atoms with Crippen LogP contribution in [0.1, 0.15) is 11.1 Å². The maximum Gasteiger partial charge on any atom is 0.101 e. The number of hydrogen-bond acceptors (Lipinski definition) is 3. The first kappa shape index (κ1) is 24.2. The van der Waals surface area contributed by atoms with Crippen molar-refractivity contribution in [2.24, 2.45) is 11.8 Å². The van der Waals surface area contributed by atoms with Gasteiger partial charge in [0.25, 0.3) is 0 Å². The van der Waals surface area contributed by atoms with Crippen LogP contribution in [0, 0.1) is 34.5 Å². The summed E-state index contributed by atoms with van der Waals surface area (Å²) in [5.74, 6) is 0.165. The van der Waals surface area contributed by atoms with Crippen LogP contribution in [0.25, 0.3) is 33.1 Å². The van der Waals surface area contributed by atoms with Gasteiger partial charge in [-0.05, 0) is 42.0 Å². The summed E-state index contributed by atoms with van der Waals surface area (Å²) >= 11 is 0. The van der Waals surface area contributed by atoms with E-state index in [1.807, 2.05) is 30.3 Å². The SMILES string of the molecule is N#CC1=CC2C3C(c4ccccc4-n4c5ccccc5c5ccccc54)=CC=CC3N(c3ccccc3C#N)C2C=C1. The van der Waals surface area contributed by atoms with Gasteiger partial charge in [-0.25, -0.2) is 0 Å². The summed E-state index contributed by atoms with van der Waals surface area (Å²) in [5.41, 5.74) is 8.20. The van der Waals surface area contributed by atoms with Crippen LogP contribution >= 0.6 is 0 Å². The summed E-state index contributed by atoms with van der Waals surface area (Å²) in [4.78, 5) is 2.39. The molecule has 198 valence electrons. The molecule has 4 atom stereocenters. The molecule has 1 aromatic heterocycles. The molecule has 2 heterocycles. The molecule has 0 N–H and O–H groups in total. The van der Waals surface area contributed by atoms with E-state index in [4.69, 9.17) is 0 Å². The third kappa shape index (κ3) is 3.46. The molecule has 5 aromatic rings. The number of rotatable bonds is 3. The molecule has 1 aliphatic heterocycles. The Labute approximate surface area is 244 Å². The molecule has 42 heavy (non-hydrogen) atoms. The van der Waals surface area contributed by atoms with Crippen molar-refractivity contribution in [2.45, 2.75) is 12.1 Å². The van der Waals surface area contributed by atoms with Gasteiger partial charge in [-0.3, -0.25) is 0 Å². The Morgan fingerprint density at radius 3 is 2.05 bits per heavy atom. The molecule has 0 amide bonds. The van der Waals surface area contributed by atoms with E-state index in [1.165, 1.54) is 32.9 Å². The molecule has 0 radical (unpaired) electrons. The summed E-state index contributed by atoms with van der Waals surface area (Å²) < 4.78 is 2.39. The van der Waals surface area contributed by atoms with Crippen molar-refractivity contribution in [2.75, 3.05) is 4.90 Å². The second-order valence-corrected chi connectivity index (χ2v) is 11.1. The van der Waals surface area contributed by atoms with Gasteiger partial charge in [0.15, 0.2) is 0 Å². The average Bonchev–Trinajstić information content (AvgIpc) is 3.57.